The molecule has 0 N–H and O–H groups in total. The molecule has 0 aromatic heterocycles. The van der Waals surface area contributed by atoms with Gasteiger partial charge in [-0.25, -0.2) is 8.78 Å². The molecule has 0 bridgehead atoms. The Morgan fingerprint density at radius 3 is 2.53 bits per heavy atom. The Balaban J connectivity index is 2.23. The van der Waals surface area contributed by atoms with E-state index in [0.717, 1.165) is 23.3 Å². The molecule has 2 rings (SSSR count). The maximum Gasteiger partial charge on any atom is 0.159 e. The second kappa shape index (κ2) is 5.89. The lowest BCUT2D eigenvalue weighted by Crippen LogP contribution is -1.99. The average Bonchev–Trinajstić information content (AvgIpc) is 2.37. The van der Waals surface area contributed by atoms with Gasteiger partial charge in [0.15, 0.2) is 11.6 Å². The van der Waals surface area contributed by atoms with Gasteiger partial charge in [-0.3, -0.25) is 0 Å². The first-order chi connectivity index (χ1) is 8.99. The molecule has 0 saturated heterocycles. The summed E-state index contributed by atoms with van der Waals surface area (Å²) < 4.78 is 26.0. The minimum Gasteiger partial charge on any atom is -0.204 e. The van der Waals surface area contributed by atoms with Crippen molar-refractivity contribution in [2.45, 2.75) is 18.7 Å². The van der Waals surface area contributed by atoms with Crippen molar-refractivity contribution >= 4 is 23.2 Å². The van der Waals surface area contributed by atoms with E-state index < -0.39 is 11.6 Å². The zero-order valence-electron chi connectivity index (χ0n) is 10.3. The molecule has 4 heteroatoms. The van der Waals surface area contributed by atoms with Crippen LogP contribution in [0.5, 0.6) is 0 Å². The molecule has 2 aromatic carbocycles. The van der Waals surface area contributed by atoms with E-state index in [2.05, 4.69) is 0 Å². The maximum atomic E-state index is 13.1. The molecule has 0 aliphatic carbocycles. The molecule has 100 valence electrons. The van der Waals surface area contributed by atoms with Gasteiger partial charge in [0.25, 0.3) is 0 Å². The normalized spacial score (nSPS) is 12.5. The van der Waals surface area contributed by atoms with Crippen LogP contribution in [0.1, 0.15) is 22.1 Å². The summed E-state index contributed by atoms with van der Waals surface area (Å²) in [4.78, 5) is 0. The van der Waals surface area contributed by atoms with Crippen LogP contribution in [0.3, 0.4) is 0 Å². The van der Waals surface area contributed by atoms with Gasteiger partial charge in [-0.15, -0.1) is 11.6 Å². The van der Waals surface area contributed by atoms with E-state index in [9.17, 15) is 8.78 Å². The van der Waals surface area contributed by atoms with Crippen LogP contribution in [-0.2, 0) is 6.42 Å². The Labute approximate surface area is 121 Å². The molecule has 0 aliphatic rings. The summed E-state index contributed by atoms with van der Waals surface area (Å²) in [6, 6.07) is 9.40. The Morgan fingerprint density at radius 1 is 1.11 bits per heavy atom. The predicted octanol–water partition coefficient (Wildman–Crippen LogP) is 5.45. The third-order valence-corrected chi connectivity index (χ3v) is 3.86. The van der Waals surface area contributed by atoms with Gasteiger partial charge in [0.2, 0.25) is 0 Å². The lowest BCUT2D eigenvalue weighted by molar-refractivity contribution is 0.507. The monoisotopic (exact) mass is 300 g/mol. The fraction of sp³-hybridized carbons (Fsp3) is 0.200. The summed E-state index contributed by atoms with van der Waals surface area (Å²) >= 11 is 12.5. The van der Waals surface area contributed by atoms with Crippen LogP contribution in [-0.4, -0.2) is 0 Å². The van der Waals surface area contributed by atoms with Gasteiger partial charge in [-0.2, -0.15) is 0 Å². The molecular formula is C15H12Cl2F2. The summed E-state index contributed by atoms with van der Waals surface area (Å²) in [6.45, 7) is 1.90. The van der Waals surface area contributed by atoms with E-state index in [4.69, 9.17) is 23.2 Å². The molecule has 0 aliphatic heterocycles. The second-order valence-corrected chi connectivity index (χ2v) is 5.30. The minimum atomic E-state index is -0.864. The Kier molecular flexibility index (Phi) is 4.43. The van der Waals surface area contributed by atoms with E-state index in [1.54, 1.807) is 0 Å². The Morgan fingerprint density at radius 2 is 1.84 bits per heavy atom. The van der Waals surface area contributed by atoms with E-state index in [1.165, 1.54) is 6.07 Å². The largest absolute Gasteiger partial charge is 0.204 e. The van der Waals surface area contributed by atoms with Gasteiger partial charge in [-0.1, -0.05) is 35.9 Å². The molecular weight excluding hydrogens is 289 g/mol. The van der Waals surface area contributed by atoms with Gasteiger partial charge < -0.3 is 0 Å². The van der Waals surface area contributed by atoms with E-state index >= 15 is 0 Å². The van der Waals surface area contributed by atoms with Gasteiger partial charge in [0.1, 0.15) is 0 Å². The Hall–Kier alpha value is -1.12. The molecule has 0 radical (unpaired) electrons. The SMILES string of the molecule is Cc1cccc(C(Cl)Cc2ccc(F)c(F)c2)c1Cl. The van der Waals surface area contributed by atoms with Crippen LogP contribution >= 0.6 is 23.2 Å². The van der Waals surface area contributed by atoms with E-state index in [1.807, 2.05) is 25.1 Å². The van der Waals surface area contributed by atoms with Gasteiger partial charge >= 0.3 is 0 Å². The predicted molar refractivity (Wildman–Crippen MR) is 74.8 cm³/mol. The van der Waals surface area contributed by atoms with Crippen molar-refractivity contribution in [1.82, 2.24) is 0 Å². The number of hydrogen-bond donors (Lipinski definition) is 0. The van der Waals surface area contributed by atoms with E-state index in [0.29, 0.717) is 17.0 Å². The van der Waals surface area contributed by atoms with Crippen LogP contribution in [0.15, 0.2) is 36.4 Å². The van der Waals surface area contributed by atoms with Crippen molar-refractivity contribution < 1.29 is 8.78 Å². The highest BCUT2D eigenvalue weighted by molar-refractivity contribution is 6.33. The van der Waals surface area contributed by atoms with Crippen molar-refractivity contribution in [3.8, 4) is 0 Å². The molecule has 1 unspecified atom stereocenters. The van der Waals surface area contributed by atoms with E-state index in [-0.39, 0.29) is 5.38 Å². The fourth-order valence-corrected chi connectivity index (χ4v) is 2.57. The van der Waals surface area contributed by atoms with Gasteiger partial charge in [0, 0.05) is 5.02 Å². The first kappa shape index (κ1) is 14.3. The topological polar surface area (TPSA) is 0 Å². The zero-order chi connectivity index (χ0) is 14.0. The molecule has 2 aromatic rings. The first-order valence-corrected chi connectivity index (χ1v) is 6.63. The average molecular weight is 301 g/mol. The van der Waals surface area contributed by atoms with Gasteiger partial charge in [0.05, 0.1) is 5.38 Å². The molecule has 19 heavy (non-hydrogen) atoms. The zero-order valence-corrected chi connectivity index (χ0v) is 11.8. The van der Waals surface area contributed by atoms with Crippen LogP contribution in [0.25, 0.3) is 0 Å². The van der Waals surface area contributed by atoms with Crippen molar-refractivity contribution in [2.24, 2.45) is 0 Å². The highest BCUT2D eigenvalue weighted by Crippen LogP contribution is 2.32. The van der Waals surface area contributed by atoms with Gasteiger partial charge in [-0.05, 0) is 42.2 Å². The highest BCUT2D eigenvalue weighted by Gasteiger charge is 2.14. The lowest BCUT2D eigenvalue weighted by Gasteiger charge is -2.13. The molecule has 0 spiro atoms. The standard InChI is InChI=1S/C15H12Cl2F2/c1-9-3-2-4-11(15(9)17)12(16)7-10-5-6-13(18)14(19)8-10/h2-6,8,12H,7H2,1H3. The van der Waals surface area contributed by atoms with Crippen molar-refractivity contribution in [3.05, 3.63) is 69.7 Å². The smallest absolute Gasteiger partial charge is 0.159 e. The first-order valence-electron chi connectivity index (χ1n) is 5.82. The van der Waals surface area contributed by atoms with Crippen LogP contribution < -0.4 is 0 Å². The van der Waals surface area contributed by atoms with Crippen molar-refractivity contribution in [1.29, 1.82) is 0 Å². The molecule has 0 saturated carbocycles. The molecule has 0 heterocycles. The van der Waals surface area contributed by atoms with Crippen molar-refractivity contribution in [2.75, 3.05) is 0 Å². The lowest BCUT2D eigenvalue weighted by atomic mass is 10.0. The van der Waals surface area contributed by atoms with Crippen LogP contribution in [0.4, 0.5) is 8.78 Å². The second-order valence-electron chi connectivity index (χ2n) is 4.40. The minimum absolute atomic E-state index is 0.378. The summed E-state index contributed by atoms with van der Waals surface area (Å²) in [5.74, 6) is -1.72. The number of halogens is 4. The quantitative estimate of drug-likeness (QED) is 0.661. The third kappa shape index (κ3) is 3.26. The number of rotatable bonds is 3. The molecule has 0 fully saturated rings. The number of alkyl halides is 1. The van der Waals surface area contributed by atoms with Crippen LogP contribution in [0, 0.1) is 18.6 Å². The number of aryl methyl sites for hydroxylation is 1. The highest BCUT2D eigenvalue weighted by atomic mass is 35.5. The van der Waals surface area contributed by atoms with Crippen LogP contribution in [0.2, 0.25) is 5.02 Å². The third-order valence-electron chi connectivity index (χ3n) is 2.96. The number of hydrogen-bond acceptors (Lipinski definition) is 0. The van der Waals surface area contributed by atoms with Crippen molar-refractivity contribution in [3.63, 3.8) is 0 Å². The molecule has 0 amide bonds. The summed E-state index contributed by atoms with van der Waals surface area (Å²) in [7, 11) is 0. The number of benzene rings is 2. The maximum absolute atomic E-state index is 13.1. The summed E-state index contributed by atoms with van der Waals surface area (Å²) in [5, 5.41) is 0.238. The summed E-state index contributed by atoms with van der Waals surface area (Å²) in [6.07, 6.45) is 0.391. The Bertz CT molecular complexity index is 597. The fourth-order valence-electron chi connectivity index (χ4n) is 1.90. The summed E-state index contributed by atoms with van der Waals surface area (Å²) in [5.41, 5.74) is 2.37. The molecule has 0 nitrogen and oxygen atoms in total. The molecule has 1 atom stereocenters.